The Morgan fingerprint density at radius 2 is 1.89 bits per heavy atom. The lowest BCUT2D eigenvalue weighted by Crippen LogP contribution is -1.88. The van der Waals surface area contributed by atoms with Gasteiger partial charge in [0.2, 0.25) is 0 Å². The van der Waals surface area contributed by atoms with Gasteiger partial charge in [-0.1, -0.05) is 17.7 Å². The molecule has 0 aromatic heterocycles. The lowest BCUT2D eigenvalue weighted by molar-refractivity contribution is 0.414. The molecule has 2 aromatic rings. The van der Waals surface area contributed by atoms with Gasteiger partial charge in [0.15, 0.2) is 0 Å². The topological polar surface area (TPSA) is 35.2 Å². The number of thioether (sulfide) groups is 1. The van der Waals surface area contributed by atoms with Crippen LogP contribution in [-0.4, -0.2) is 7.11 Å². The van der Waals surface area contributed by atoms with Crippen molar-refractivity contribution in [3.8, 4) is 5.75 Å². The summed E-state index contributed by atoms with van der Waals surface area (Å²) in [4.78, 5) is 1.18. The Bertz CT molecular complexity index is 528. The van der Waals surface area contributed by atoms with E-state index >= 15 is 0 Å². The van der Waals surface area contributed by atoms with Crippen LogP contribution < -0.4 is 10.5 Å². The van der Waals surface area contributed by atoms with E-state index in [1.54, 1.807) is 24.9 Å². The molecule has 2 aromatic carbocycles. The van der Waals surface area contributed by atoms with Crippen molar-refractivity contribution in [3.05, 3.63) is 53.1 Å². The third-order valence-corrected chi connectivity index (χ3v) is 3.94. The highest BCUT2D eigenvalue weighted by Crippen LogP contribution is 2.28. The largest absolute Gasteiger partial charge is 0.497 e. The molecule has 94 valence electrons. The molecule has 0 aliphatic heterocycles. The third-order valence-electron chi connectivity index (χ3n) is 2.53. The van der Waals surface area contributed by atoms with Gasteiger partial charge < -0.3 is 10.5 Å². The number of nitrogens with two attached hydrogens (primary N) is 1. The molecule has 18 heavy (non-hydrogen) atoms. The van der Waals surface area contributed by atoms with Crippen LogP contribution in [0.1, 0.15) is 5.56 Å². The van der Waals surface area contributed by atoms with Crippen molar-refractivity contribution in [2.24, 2.45) is 0 Å². The molecular formula is C14H14ClNOS. The lowest BCUT2D eigenvalue weighted by atomic mass is 10.2. The summed E-state index contributed by atoms with van der Waals surface area (Å²) in [5.41, 5.74) is 7.44. The highest BCUT2D eigenvalue weighted by molar-refractivity contribution is 7.98. The van der Waals surface area contributed by atoms with Gasteiger partial charge in [-0.05, 0) is 42.0 Å². The SMILES string of the molecule is COc1ccc(SCc2ccc(N)cc2Cl)cc1. The van der Waals surface area contributed by atoms with Crippen LogP contribution in [0.15, 0.2) is 47.4 Å². The summed E-state index contributed by atoms with van der Waals surface area (Å²) >= 11 is 7.86. The number of nitrogen functional groups attached to an aromatic ring is 1. The van der Waals surface area contributed by atoms with Crippen molar-refractivity contribution >= 4 is 29.1 Å². The predicted octanol–water partition coefficient (Wildman–Crippen LogP) is 4.22. The molecule has 0 bridgehead atoms. The second kappa shape index (κ2) is 6.03. The number of methoxy groups -OCH3 is 1. The zero-order valence-electron chi connectivity index (χ0n) is 10.0. The molecule has 0 spiro atoms. The Kier molecular flexibility index (Phi) is 4.39. The molecule has 0 saturated carbocycles. The maximum absolute atomic E-state index is 6.13. The van der Waals surface area contributed by atoms with E-state index in [1.165, 1.54) is 4.90 Å². The van der Waals surface area contributed by atoms with Gasteiger partial charge in [-0.25, -0.2) is 0 Å². The van der Waals surface area contributed by atoms with Gasteiger partial charge in [-0.15, -0.1) is 11.8 Å². The van der Waals surface area contributed by atoms with E-state index in [4.69, 9.17) is 22.1 Å². The highest BCUT2D eigenvalue weighted by atomic mass is 35.5. The Morgan fingerprint density at radius 1 is 1.17 bits per heavy atom. The molecule has 0 aliphatic carbocycles. The normalized spacial score (nSPS) is 10.3. The number of hydrogen-bond donors (Lipinski definition) is 1. The minimum atomic E-state index is 0.693. The van der Waals surface area contributed by atoms with Crippen LogP contribution in [0, 0.1) is 0 Å². The van der Waals surface area contributed by atoms with E-state index in [9.17, 15) is 0 Å². The molecule has 0 atom stereocenters. The fourth-order valence-corrected chi connectivity index (χ4v) is 2.75. The summed E-state index contributed by atoms with van der Waals surface area (Å²) in [5, 5.41) is 0.719. The molecular weight excluding hydrogens is 266 g/mol. The molecule has 2 rings (SSSR count). The van der Waals surface area contributed by atoms with E-state index in [1.807, 2.05) is 36.4 Å². The van der Waals surface area contributed by atoms with E-state index in [0.717, 1.165) is 22.1 Å². The fraction of sp³-hybridized carbons (Fsp3) is 0.143. The second-order valence-corrected chi connectivity index (χ2v) is 5.27. The fourth-order valence-electron chi connectivity index (χ4n) is 1.51. The van der Waals surface area contributed by atoms with Crippen LogP contribution in [0.4, 0.5) is 5.69 Å². The Morgan fingerprint density at radius 3 is 2.50 bits per heavy atom. The van der Waals surface area contributed by atoms with E-state index in [2.05, 4.69) is 0 Å². The summed E-state index contributed by atoms with van der Waals surface area (Å²) in [6.45, 7) is 0. The van der Waals surface area contributed by atoms with Gasteiger partial charge in [0.05, 0.1) is 7.11 Å². The standard InChI is InChI=1S/C14H14ClNOS/c1-17-12-4-6-13(7-5-12)18-9-10-2-3-11(16)8-14(10)15/h2-8H,9,16H2,1H3. The molecule has 4 heteroatoms. The number of benzene rings is 2. The van der Waals surface area contributed by atoms with Crippen molar-refractivity contribution in [2.45, 2.75) is 10.6 Å². The summed E-state index contributed by atoms with van der Waals surface area (Å²) in [5.74, 6) is 1.69. The van der Waals surface area contributed by atoms with Crippen molar-refractivity contribution in [2.75, 3.05) is 12.8 Å². The lowest BCUT2D eigenvalue weighted by Gasteiger charge is -2.06. The molecule has 0 fully saturated rings. The predicted molar refractivity (Wildman–Crippen MR) is 78.4 cm³/mol. The maximum atomic E-state index is 6.13. The number of ether oxygens (including phenoxy) is 1. The van der Waals surface area contributed by atoms with Gasteiger partial charge in [-0.3, -0.25) is 0 Å². The van der Waals surface area contributed by atoms with E-state index in [-0.39, 0.29) is 0 Å². The van der Waals surface area contributed by atoms with Gasteiger partial charge in [0.25, 0.3) is 0 Å². The minimum Gasteiger partial charge on any atom is -0.497 e. The molecule has 2 N–H and O–H groups in total. The van der Waals surface area contributed by atoms with Gasteiger partial charge in [0, 0.05) is 21.4 Å². The molecule has 0 heterocycles. The number of halogens is 1. The van der Waals surface area contributed by atoms with Crippen molar-refractivity contribution < 1.29 is 4.74 Å². The zero-order valence-corrected chi connectivity index (χ0v) is 11.6. The van der Waals surface area contributed by atoms with Gasteiger partial charge in [-0.2, -0.15) is 0 Å². The molecule has 0 aliphatic rings. The monoisotopic (exact) mass is 279 g/mol. The van der Waals surface area contributed by atoms with Crippen LogP contribution in [0.2, 0.25) is 5.02 Å². The first kappa shape index (κ1) is 13.1. The Labute approximate surface area is 116 Å². The summed E-state index contributed by atoms with van der Waals surface area (Å²) in [7, 11) is 1.66. The summed E-state index contributed by atoms with van der Waals surface area (Å²) in [6.07, 6.45) is 0. The quantitative estimate of drug-likeness (QED) is 0.672. The first-order valence-corrected chi connectivity index (χ1v) is 6.86. The average molecular weight is 280 g/mol. The number of hydrogen-bond acceptors (Lipinski definition) is 3. The molecule has 0 amide bonds. The highest BCUT2D eigenvalue weighted by Gasteiger charge is 2.02. The second-order valence-electron chi connectivity index (χ2n) is 3.82. The molecule has 2 nitrogen and oxygen atoms in total. The van der Waals surface area contributed by atoms with Crippen molar-refractivity contribution in [1.82, 2.24) is 0 Å². The number of rotatable bonds is 4. The van der Waals surface area contributed by atoms with Crippen LogP contribution in [0.25, 0.3) is 0 Å². The molecule has 0 saturated heterocycles. The van der Waals surface area contributed by atoms with Gasteiger partial charge in [0.1, 0.15) is 5.75 Å². The van der Waals surface area contributed by atoms with Crippen LogP contribution >= 0.6 is 23.4 Å². The van der Waals surface area contributed by atoms with E-state index in [0.29, 0.717) is 5.69 Å². The first-order valence-electron chi connectivity index (χ1n) is 5.50. The molecule has 0 unspecified atom stereocenters. The summed E-state index contributed by atoms with van der Waals surface area (Å²) in [6, 6.07) is 13.6. The maximum Gasteiger partial charge on any atom is 0.118 e. The third kappa shape index (κ3) is 3.34. The Hall–Kier alpha value is -1.32. The minimum absolute atomic E-state index is 0.693. The first-order chi connectivity index (χ1) is 8.69. The van der Waals surface area contributed by atoms with Gasteiger partial charge >= 0.3 is 0 Å². The Balaban J connectivity index is 2.02. The summed E-state index contributed by atoms with van der Waals surface area (Å²) < 4.78 is 5.12. The van der Waals surface area contributed by atoms with E-state index < -0.39 is 0 Å². The zero-order chi connectivity index (χ0) is 13.0. The van der Waals surface area contributed by atoms with Crippen LogP contribution in [0.5, 0.6) is 5.75 Å². The van der Waals surface area contributed by atoms with Crippen LogP contribution in [-0.2, 0) is 5.75 Å². The number of anilines is 1. The van der Waals surface area contributed by atoms with Crippen LogP contribution in [0.3, 0.4) is 0 Å². The molecule has 0 radical (unpaired) electrons. The average Bonchev–Trinajstić information content (AvgIpc) is 2.38. The smallest absolute Gasteiger partial charge is 0.118 e. The van der Waals surface area contributed by atoms with Crippen molar-refractivity contribution in [3.63, 3.8) is 0 Å². The van der Waals surface area contributed by atoms with Crippen molar-refractivity contribution in [1.29, 1.82) is 0 Å².